The Morgan fingerprint density at radius 3 is 1.73 bits per heavy atom. The first kappa shape index (κ1) is 9.05. The molecule has 1 fully saturated rings. The van der Waals surface area contributed by atoms with Gasteiger partial charge in [-0.15, -0.1) is 0 Å². The Labute approximate surface area is 70.4 Å². The van der Waals surface area contributed by atoms with Gasteiger partial charge in [-0.05, 0) is 17.3 Å². The Morgan fingerprint density at radius 2 is 1.64 bits per heavy atom. The fraction of sp³-hybridized carbons (Fsp3) is 1.00. The average Bonchev–Trinajstić information content (AvgIpc) is 2.41. The van der Waals surface area contributed by atoms with E-state index < -0.39 is 0 Å². The van der Waals surface area contributed by atoms with Crippen LogP contribution in [0.3, 0.4) is 0 Å². The van der Waals surface area contributed by atoms with Crippen LogP contribution in [-0.4, -0.2) is 6.04 Å². The Hall–Kier alpha value is -0.0400. The summed E-state index contributed by atoms with van der Waals surface area (Å²) in [6, 6.07) is 0.465. The van der Waals surface area contributed by atoms with E-state index in [1.807, 2.05) is 0 Å². The van der Waals surface area contributed by atoms with Crippen molar-refractivity contribution in [3.8, 4) is 0 Å². The molecule has 0 saturated heterocycles. The predicted molar refractivity (Wildman–Crippen MR) is 49.3 cm³/mol. The van der Waals surface area contributed by atoms with Crippen LogP contribution in [0.4, 0.5) is 0 Å². The Morgan fingerprint density at radius 1 is 1.27 bits per heavy atom. The maximum Gasteiger partial charge on any atom is 0.0130 e. The van der Waals surface area contributed by atoms with E-state index in [1.54, 1.807) is 0 Å². The number of hydrogen-bond donors (Lipinski definition) is 1. The van der Waals surface area contributed by atoms with Crippen molar-refractivity contribution in [3.63, 3.8) is 0 Å². The first-order valence-corrected chi connectivity index (χ1v) is 4.81. The minimum Gasteiger partial charge on any atom is -0.327 e. The lowest BCUT2D eigenvalue weighted by Gasteiger charge is -2.12. The van der Waals surface area contributed by atoms with Crippen molar-refractivity contribution in [1.82, 2.24) is 0 Å². The number of nitrogens with two attached hydrogens (primary N) is 1. The molecule has 2 N–H and O–H groups in total. The van der Waals surface area contributed by atoms with Crippen LogP contribution in [0.2, 0.25) is 0 Å². The Bertz CT molecular complexity index is 136. The topological polar surface area (TPSA) is 26.0 Å². The Kier molecular flexibility index (Phi) is 2.29. The molecule has 11 heavy (non-hydrogen) atoms. The molecule has 0 spiro atoms. The standard InChI is InChI=1S/C10H21N/c1-5-7(6-2)8-9(11)10(8,3)4/h7-9H,5-6,11H2,1-4H3. The fourth-order valence-corrected chi connectivity index (χ4v) is 2.42. The minimum atomic E-state index is 0.427. The molecule has 0 aliphatic heterocycles. The van der Waals surface area contributed by atoms with Crippen molar-refractivity contribution >= 4 is 0 Å². The molecule has 0 aromatic carbocycles. The van der Waals surface area contributed by atoms with Crippen LogP contribution in [0.5, 0.6) is 0 Å². The molecular weight excluding hydrogens is 134 g/mol. The quantitative estimate of drug-likeness (QED) is 0.665. The van der Waals surface area contributed by atoms with Crippen LogP contribution < -0.4 is 5.73 Å². The van der Waals surface area contributed by atoms with Crippen molar-refractivity contribution in [2.75, 3.05) is 0 Å². The third kappa shape index (κ3) is 1.31. The highest BCUT2D eigenvalue weighted by Gasteiger charge is 2.57. The molecule has 1 nitrogen and oxygen atoms in total. The van der Waals surface area contributed by atoms with Crippen molar-refractivity contribution in [2.45, 2.75) is 46.6 Å². The van der Waals surface area contributed by atoms with E-state index in [4.69, 9.17) is 5.73 Å². The lowest BCUT2D eigenvalue weighted by atomic mass is 9.93. The molecule has 0 radical (unpaired) electrons. The van der Waals surface area contributed by atoms with E-state index >= 15 is 0 Å². The van der Waals surface area contributed by atoms with Crippen LogP contribution >= 0.6 is 0 Å². The van der Waals surface area contributed by atoms with E-state index in [1.165, 1.54) is 12.8 Å². The van der Waals surface area contributed by atoms with Gasteiger partial charge in [0.25, 0.3) is 0 Å². The molecule has 1 aliphatic carbocycles. The summed E-state index contributed by atoms with van der Waals surface area (Å²) in [6.45, 7) is 9.13. The normalized spacial score (nSPS) is 34.4. The highest BCUT2D eigenvalue weighted by atomic mass is 14.8. The first-order chi connectivity index (χ1) is 5.05. The molecule has 1 saturated carbocycles. The van der Waals surface area contributed by atoms with Gasteiger partial charge in [-0.2, -0.15) is 0 Å². The summed E-state index contributed by atoms with van der Waals surface area (Å²) in [5, 5.41) is 0. The highest BCUT2D eigenvalue weighted by Crippen LogP contribution is 2.55. The van der Waals surface area contributed by atoms with Crippen molar-refractivity contribution < 1.29 is 0 Å². The molecule has 2 atom stereocenters. The molecular formula is C10H21N. The summed E-state index contributed by atoms with van der Waals surface area (Å²) in [5.41, 5.74) is 6.42. The van der Waals surface area contributed by atoms with Crippen LogP contribution in [0.1, 0.15) is 40.5 Å². The monoisotopic (exact) mass is 155 g/mol. The lowest BCUT2D eigenvalue weighted by Crippen LogP contribution is -2.09. The largest absolute Gasteiger partial charge is 0.327 e. The van der Waals surface area contributed by atoms with Crippen LogP contribution in [0.25, 0.3) is 0 Å². The van der Waals surface area contributed by atoms with Crippen LogP contribution in [0, 0.1) is 17.3 Å². The lowest BCUT2D eigenvalue weighted by molar-refractivity contribution is 0.371. The van der Waals surface area contributed by atoms with E-state index in [2.05, 4.69) is 27.7 Å². The van der Waals surface area contributed by atoms with Gasteiger partial charge in [-0.3, -0.25) is 0 Å². The molecule has 1 rings (SSSR count). The number of hydrogen-bond acceptors (Lipinski definition) is 1. The molecule has 0 aromatic heterocycles. The fourth-order valence-electron chi connectivity index (χ4n) is 2.42. The third-order valence-electron chi connectivity index (χ3n) is 3.55. The van der Waals surface area contributed by atoms with Gasteiger partial charge in [0, 0.05) is 6.04 Å². The molecule has 1 aliphatic rings. The summed E-state index contributed by atoms with van der Waals surface area (Å²) >= 11 is 0. The summed E-state index contributed by atoms with van der Waals surface area (Å²) in [5.74, 6) is 1.65. The average molecular weight is 155 g/mol. The number of rotatable bonds is 3. The minimum absolute atomic E-state index is 0.427. The van der Waals surface area contributed by atoms with Gasteiger partial charge in [0.1, 0.15) is 0 Å². The second kappa shape index (κ2) is 2.78. The molecule has 1 heteroatoms. The molecule has 0 heterocycles. The predicted octanol–water partition coefficient (Wildman–Crippen LogP) is 2.41. The molecule has 0 amide bonds. The van der Waals surface area contributed by atoms with Gasteiger partial charge < -0.3 is 5.73 Å². The van der Waals surface area contributed by atoms with Crippen molar-refractivity contribution in [1.29, 1.82) is 0 Å². The maximum atomic E-state index is 6.00. The van der Waals surface area contributed by atoms with Gasteiger partial charge >= 0.3 is 0 Å². The summed E-state index contributed by atoms with van der Waals surface area (Å²) in [4.78, 5) is 0. The zero-order valence-electron chi connectivity index (χ0n) is 8.22. The van der Waals surface area contributed by atoms with Crippen LogP contribution in [-0.2, 0) is 0 Å². The first-order valence-electron chi connectivity index (χ1n) is 4.81. The second-order valence-corrected chi connectivity index (χ2v) is 4.45. The second-order valence-electron chi connectivity index (χ2n) is 4.45. The van der Waals surface area contributed by atoms with Gasteiger partial charge in [0.2, 0.25) is 0 Å². The molecule has 0 bridgehead atoms. The van der Waals surface area contributed by atoms with E-state index in [9.17, 15) is 0 Å². The molecule has 66 valence electrons. The summed E-state index contributed by atoms with van der Waals surface area (Å²) in [6.07, 6.45) is 2.58. The highest BCUT2D eigenvalue weighted by molar-refractivity contribution is 5.10. The SMILES string of the molecule is CCC(CC)C1C(N)C1(C)C. The maximum absolute atomic E-state index is 6.00. The summed E-state index contributed by atoms with van der Waals surface area (Å²) in [7, 11) is 0. The van der Waals surface area contributed by atoms with E-state index in [0.717, 1.165) is 11.8 Å². The van der Waals surface area contributed by atoms with E-state index in [0.29, 0.717) is 11.5 Å². The molecule has 0 aromatic rings. The summed E-state index contributed by atoms with van der Waals surface area (Å²) < 4.78 is 0. The Balaban J connectivity index is 2.51. The third-order valence-corrected chi connectivity index (χ3v) is 3.55. The van der Waals surface area contributed by atoms with Gasteiger partial charge in [-0.1, -0.05) is 40.5 Å². The van der Waals surface area contributed by atoms with Gasteiger partial charge in [-0.25, -0.2) is 0 Å². The molecule has 2 unspecified atom stereocenters. The van der Waals surface area contributed by atoms with Crippen LogP contribution in [0.15, 0.2) is 0 Å². The zero-order valence-corrected chi connectivity index (χ0v) is 8.22. The zero-order chi connectivity index (χ0) is 8.65. The van der Waals surface area contributed by atoms with Crippen molar-refractivity contribution in [2.24, 2.45) is 23.0 Å². The van der Waals surface area contributed by atoms with Gasteiger partial charge in [0.05, 0.1) is 0 Å². The van der Waals surface area contributed by atoms with E-state index in [-0.39, 0.29) is 0 Å². The smallest absolute Gasteiger partial charge is 0.0130 e. The van der Waals surface area contributed by atoms with Gasteiger partial charge in [0.15, 0.2) is 0 Å². The van der Waals surface area contributed by atoms with Crippen molar-refractivity contribution in [3.05, 3.63) is 0 Å².